The van der Waals surface area contributed by atoms with Crippen molar-refractivity contribution in [1.29, 1.82) is 0 Å². The third kappa shape index (κ3) is 2.04. The van der Waals surface area contributed by atoms with Crippen LogP contribution in [-0.4, -0.2) is 18.0 Å². The lowest BCUT2D eigenvalue weighted by atomic mass is 10.1. The van der Waals surface area contributed by atoms with E-state index >= 15 is 0 Å². The van der Waals surface area contributed by atoms with Crippen molar-refractivity contribution in [3.63, 3.8) is 0 Å². The van der Waals surface area contributed by atoms with Crippen molar-refractivity contribution < 1.29 is 4.92 Å². The van der Waals surface area contributed by atoms with Crippen LogP contribution in [0.15, 0.2) is 16.6 Å². The SMILES string of the molecule is Cc1cc([N+](=O)[O-])cc(Br)c1N1CCCC1. The van der Waals surface area contributed by atoms with Crippen LogP contribution in [0.4, 0.5) is 11.4 Å². The van der Waals surface area contributed by atoms with Crippen molar-refractivity contribution >= 4 is 27.3 Å². The Kier molecular flexibility index (Phi) is 3.14. The Hall–Kier alpha value is -1.10. The van der Waals surface area contributed by atoms with E-state index in [0.29, 0.717) is 0 Å². The first-order chi connectivity index (χ1) is 7.59. The second-order valence-corrected chi connectivity index (χ2v) is 4.90. The van der Waals surface area contributed by atoms with E-state index in [9.17, 15) is 10.1 Å². The predicted molar refractivity (Wildman–Crippen MR) is 67.0 cm³/mol. The van der Waals surface area contributed by atoms with Crippen LogP contribution in [-0.2, 0) is 0 Å². The molecular formula is C11H13BrN2O2. The van der Waals surface area contributed by atoms with E-state index < -0.39 is 0 Å². The number of non-ortho nitro benzene ring substituents is 1. The molecule has 1 aliphatic heterocycles. The van der Waals surface area contributed by atoms with E-state index in [1.807, 2.05) is 6.92 Å². The first-order valence-corrected chi connectivity index (χ1v) is 6.08. The second kappa shape index (κ2) is 4.41. The molecule has 0 unspecified atom stereocenters. The van der Waals surface area contributed by atoms with Crippen LogP contribution in [0.1, 0.15) is 18.4 Å². The Labute approximate surface area is 103 Å². The monoisotopic (exact) mass is 284 g/mol. The highest BCUT2D eigenvalue weighted by Crippen LogP contribution is 2.35. The molecule has 0 spiro atoms. The topological polar surface area (TPSA) is 46.4 Å². The Balaban J connectivity index is 2.42. The van der Waals surface area contributed by atoms with Gasteiger partial charge in [0.2, 0.25) is 0 Å². The fourth-order valence-electron chi connectivity index (χ4n) is 2.17. The van der Waals surface area contributed by atoms with Gasteiger partial charge in [0.05, 0.1) is 10.6 Å². The van der Waals surface area contributed by atoms with Crippen LogP contribution in [0, 0.1) is 17.0 Å². The van der Waals surface area contributed by atoms with Crippen LogP contribution < -0.4 is 4.90 Å². The summed E-state index contributed by atoms with van der Waals surface area (Å²) in [6.07, 6.45) is 2.39. The molecule has 1 aromatic rings. The van der Waals surface area contributed by atoms with Gasteiger partial charge in [0.1, 0.15) is 0 Å². The van der Waals surface area contributed by atoms with Crippen molar-refractivity contribution in [2.75, 3.05) is 18.0 Å². The van der Waals surface area contributed by atoms with Gasteiger partial charge in [-0.1, -0.05) is 0 Å². The molecule has 5 heteroatoms. The van der Waals surface area contributed by atoms with Gasteiger partial charge in [-0.15, -0.1) is 0 Å². The molecule has 0 radical (unpaired) electrons. The first-order valence-electron chi connectivity index (χ1n) is 5.29. The third-order valence-electron chi connectivity index (χ3n) is 2.87. The van der Waals surface area contributed by atoms with Crippen molar-refractivity contribution in [3.8, 4) is 0 Å². The zero-order chi connectivity index (χ0) is 11.7. The molecule has 0 aromatic heterocycles. The number of halogens is 1. The second-order valence-electron chi connectivity index (χ2n) is 4.04. The summed E-state index contributed by atoms with van der Waals surface area (Å²) >= 11 is 3.43. The van der Waals surface area contributed by atoms with Crippen molar-refractivity contribution in [3.05, 3.63) is 32.3 Å². The maximum atomic E-state index is 10.7. The number of benzene rings is 1. The fraction of sp³-hybridized carbons (Fsp3) is 0.455. The number of nitrogens with zero attached hydrogens (tertiary/aromatic N) is 2. The molecule has 0 N–H and O–H groups in total. The molecule has 0 saturated carbocycles. The molecule has 0 amide bonds. The lowest BCUT2D eigenvalue weighted by Gasteiger charge is -2.21. The largest absolute Gasteiger partial charge is 0.370 e. The summed E-state index contributed by atoms with van der Waals surface area (Å²) in [6, 6.07) is 3.22. The number of hydrogen-bond acceptors (Lipinski definition) is 3. The van der Waals surface area contributed by atoms with Crippen molar-refractivity contribution in [2.45, 2.75) is 19.8 Å². The summed E-state index contributed by atoms with van der Waals surface area (Å²) in [5, 5.41) is 10.7. The lowest BCUT2D eigenvalue weighted by molar-refractivity contribution is -0.385. The quantitative estimate of drug-likeness (QED) is 0.619. The van der Waals surface area contributed by atoms with Gasteiger partial charge in [0, 0.05) is 29.7 Å². The number of hydrogen-bond donors (Lipinski definition) is 0. The lowest BCUT2D eigenvalue weighted by Crippen LogP contribution is -2.19. The van der Waals surface area contributed by atoms with E-state index in [-0.39, 0.29) is 10.6 Å². The van der Waals surface area contributed by atoms with Crippen LogP contribution in [0.2, 0.25) is 0 Å². The maximum Gasteiger partial charge on any atom is 0.270 e. The molecular weight excluding hydrogens is 272 g/mol. The minimum Gasteiger partial charge on any atom is -0.370 e. The normalized spacial score (nSPS) is 15.5. The van der Waals surface area contributed by atoms with Gasteiger partial charge < -0.3 is 4.90 Å². The van der Waals surface area contributed by atoms with E-state index in [1.165, 1.54) is 12.8 Å². The van der Waals surface area contributed by atoms with Crippen molar-refractivity contribution in [1.82, 2.24) is 0 Å². The molecule has 0 aliphatic carbocycles. The average molecular weight is 285 g/mol. The number of nitro groups is 1. The zero-order valence-electron chi connectivity index (χ0n) is 9.07. The molecule has 86 valence electrons. The van der Waals surface area contributed by atoms with Gasteiger partial charge in [-0.25, -0.2) is 0 Å². The Morgan fingerprint density at radius 2 is 2.00 bits per heavy atom. The molecule has 1 saturated heterocycles. The Morgan fingerprint density at radius 3 is 2.50 bits per heavy atom. The summed E-state index contributed by atoms with van der Waals surface area (Å²) in [5.74, 6) is 0. The highest BCUT2D eigenvalue weighted by atomic mass is 79.9. The Morgan fingerprint density at radius 1 is 1.38 bits per heavy atom. The highest BCUT2D eigenvalue weighted by molar-refractivity contribution is 9.10. The maximum absolute atomic E-state index is 10.7. The third-order valence-corrected chi connectivity index (χ3v) is 3.48. The van der Waals surface area contributed by atoms with Gasteiger partial charge in [-0.2, -0.15) is 0 Å². The van der Waals surface area contributed by atoms with Gasteiger partial charge in [0.15, 0.2) is 0 Å². The molecule has 1 aromatic carbocycles. The standard InChI is InChI=1S/C11H13BrN2O2/c1-8-6-9(14(15)16)7-10(12)11(8)13-4-2-3-5-13/h6-7H,2-5H2,1H3. The summed E-state index contributed by atoms with van der Waals surface area (Å²) in [4.78, 5) is 12.6. The summed E-state index contributed by atoms with van der Waals surface area (Å²) in [7, 11) is 0. The minimum absolute atomic E-state index is 0.146. The van der Waals surface area contributed by atoms with Crippen LogP contribution in [0.25, 0.3) is 0 Å². The summed E-state index contributed by atoms with van der Waals surface area (Å²) < 4.78 is 0.820. The van der Waals surface area contributed by atoms with E-state index in [4.69, 9.17) is 0 Å². The van der Waals surface area contributed by atoms with Crippen LogP contribution in [0.3, 0.4) is 0 Å². The van der Waals surface area contributed by atoms with Gasteiger partial charge in [-0.3, -0.25) is 10.1 Å². The van der Waals surface area contributed by atoms with Gasteiger partial charge in [-0.05, 0) is 41.3 Å². The molecule has 1 aliphatic rings. The van der Waals surface area contributed by atoms with Crippen LogP contribution >= 0.6 is 15.9 Å². The summed E-state index contributed by atoms with van der Waals surface area (Å²) in [6.45, 7) is 4.00. The van der Waals surface area contributed by atoms with Crippen molar-refractivity contribution in [2.24, 2.45) is 0 Å². The number of anilines is 1. The predicted octanol–water partition coefficient (Wildman–Crippen LogP) is 3.27. The van der Waals surface area contributed by atoms with E-state index in [2.05, 4.69) is 20.8 Å². The molecule has 4 nitrogen and oxygen atoms in total. The molecule has 1 heterocycles. The zero-order valence-corrected chi connectivity index (χ0v) is 10.7. The number of rotatable bonds is 2. The van der Waals surface area contributed by atoms with Crippen LogP contribution in [0.5, 0.6) is 0 Å². The number of aryl methyl sites for hydroxylation is 1. The van der Waals surface area contributed by atoms with E-state index in [0.717, 1.165) is 28.8 Å². The average Bonchev–Trinajstić information content (AvgIpc) is 2.69. The molecule has 0 bridgehead atoms. The summed E-state index contributed by atoms with van der Waals surface area (Å²) in [5.41, 5.74) is 2.21. The van der Waals surface area contributed by atoms with E-state index in [1.54, 1.807) is 12.1 Å². The minimum atomic E-state index is -0.356. The van der Waals surface area contributed by atoms with Gasteiger partial charge >= 0.3 is 0 Å². The Bertz CT molecular complexity index is 405. The molecule has 2 rings (SSSR count). The van der Waals surface area contributed by atoms with Gasteiger partial charge in [0.25, 0.3) is 5.69 Å². The highest BCUT2D eigenvalue weighted by Gasteiger charge is 2.20. The number of nitro benzene ring substituents is 1. The molecule has 1 fully saturated rings. The fourth-order valence-corrected chi connectivity index (χ4v) is 2.96. The smallest absolute Gasteiger partial charge is 0.270 e. The first kappa shape index (κ1) is 11.4. The molecule has 16 heavy (non-hydrogen) atoms. The molecule has 0 atom stereocenters.